The van der Waals surface area contributed by atoms with Crippen molar-refractivity contribution >= 4 is 33.2 Å². The lowest BCUT2D eigenvalue weighted by Gasteiger charge is -2.03. The zero-order chi connectivity index (χ0) is 17.2. The molecule has 1 heterocycles. The second kappa shape index (κ2) is 6.27. The fraction of sp³-hybridized carbons (Fsp3) is 0. The standard InChI is InChI=1S/C14H9ClO7S/c15-8-1-3-9(4-2-8)23(20,21)12-5-6-22-13(12)10(16)7-11(17)14(18)19/h1-7,17H,(H,18,19). The van der Waals surface area contributed by atoms with Gasteiger partial charge in [0.1, 0.15) is 4.90 Å². The van der Waals surface area contributed by atoms with Crippen molar-refractivity contribution in [3.8, 4) is 0 Å². The third kappa shape index (κ3) is 3.43. The van der Waals surface area contributed by atoms with Crippen molar-refractivity contribution in [2.45, 2.75) is 9.79 Å². The normalized spacial score (nSPS) is 12.1. The van der Waals surface area contributed by atoms with E-state index in [4.69, 9.17) is 26.2 Å². The highest BCUT2D eigenvalue weighted by Crippen LogP contribution is 2.26. The first-order chi connectivity index (χ1) is 10.7. The van der Waals surface area contributed by atoms with Crippen molar-refractivity contribution in [1.29, 1.82) is 0 Å². The number of sulfone groups is 1. The number of rotatable bonds is 5. The average Bonchev–Trinajstić information content (AvgIpc) is 2.97. The Hall–Kier alpha value is -2.58. The Kier molecular flexibility index (Phi) is 4.57. The van der Waals surface area contributed by atoms with Crippen LogP contribution < -0.4 is 0 Å². The van der Waals surface area contributed by atoms with Crippen molar-refractivity contribution in [2.24, 2.45) is 0 Å². The number of aliphatic hydroxyl groups excluding tert-OH is 1. The molecule has 2 rings (SSSR count). The van der Waals surface area contributed by atoms with Gasteiger partial charge < -0.3 is 14.6 Å². The van der Waals surface area contributed by atoms with Crippen LogP contribution in [0.2, 0.25) is 5.02 Å². The molecule has 0 fully saturated rings. The number of carboxylic acid groups (broad SMARTS) is 1. The van der Waals surface area contributed by atoms with Crippen LogP contribution in [0.15, 0.2) is 62.6 Å². The summed E-state index contributed by atoms with van der Waals surface area (Å²) in [6.45, 7) is 0. The molecule has 9 heteroatoms. The number of hydrogen-bond donors (Lipinski definition) is 2. The van der Waals surface area contributed by atoms with E-state index in [1.807, 2.05) is 0 Å². The summed E-state index contributed by atoms with van der Waals surface area (Å²) < 4.78 is 29.8. The van der Waals surface area contributed by atoms with E-state index in [2.05, 4.69) is 0 Å². The average molecular weight is 357 g/mol. The number of halogens is 1. The molecule has 0 atom stereocenters. The molecule has 23 heavy (non-hydrogen) atoms. The van der Waals surface area contributed by atoms with E-state index in [0.717, 1.165) is 12.3 Å². The van der Waals surface area contributed by atoms with Crippen molar-refractivity contribution < 1.29 is 32.6 Å². The van der Waals surface area contributed by atoms with Crippen LogP contribution >= 0.6 is 11.6 Å². The Balaban J connectivity index is 2.49. The molecular formula is C14H9ClO7S. The van der Waals surface area contributed by atoms with E-state index in [-0.39, 0.29) is 4.90 Å². The first kappa shape index (κ1) is 16.8. The molecule has 120 valence electrons. The molecule has 1 aromatic carbocycles. The van der Waals surface area contributed by atoms with Gasteiger partial charge in [-0.2, -0.15) is 0 Å². The van der Waals surface area contributed by atoms with Gasteiger partial charge in [0.2, 0.25) is 21.4 Å². The van der Waals surface area contributed by atoms with E-state index in [1.54, 1.807) is 0 Å². The second-order valence-electron chi connectivity index (χ2n) is 4.27. The predicted octanol–water partition coefficient (Wildman–Crippen LogP) is 2.48. The SMILES string of the molecule is O=C(O)C(O)=CC(=O)c1occc1S(=O)(=O)c1ccc(Cl)cc1. The van der Waals surface area contributed by atoms with Gasteiger partial charge in [0.25, 0.3) is 0 Å². The zero-order valence-electron chi connectivity index (χ0n) is 11.3. The third-order valence-corrected chi connectivity index (χ3v) is 4.80. The van der Waals surface area contributed by atoms with E-state index in [1.165, 1.54) is 24.3 Å². The molecule has 0 radical (unpaired) electrons. The maximum Gasteiger partial charge on any atom is 0.371 e. The molecule has 2 N–H and O–H groups in total. The van der Waals surface area contributed by atoms with Crippen LogP contribution in [0.5, 0.6) is 0 Å². The fourth-order valence-electron chi connectivity index (χ4n) is 1.68. The minimum Gasteiger partial charge on any atom is -0.502 e. The van der Waals surface area contributed by atoms with Gasteiger partial charge in [-0.1, -0.05) is 11.6 Å². The van der Waals surface area contributed by atoms with Crippen molar-refractivity contribution in [1.82, 2.24) is 0 Å². The smallest absolute Gasteiger partial charge is 0.371 e. The molecule has 0 amide bonds. The molecular weight excluding hydrogens is 348 g/mol. The topological polar surface area (TPSA) is 122 Å². The van der Waals surface area contributed by atoms with Crippen LogP contribution in [0, 0.1) is 0 Å². The van der Waals surface area contributed by atoms with Crippen LogP contribution in [-0.2, 0) is 14.6 Å². The zero-order valence-corrected chi connectivity index (χ0v) is 12.8. The minimum atomic E-state index is -4.08. The van der Waals surface area contributed by atoms with Crippen LogP contribution in [0.3, 0.4) is 0 Å². The minimum absolute atomic E-state index is 0.121. The van der Waals surface area contributed by atoms with Crippen molar-refractivity contribution in [3.05, 3.63) is 59.2 Å². The molecule has 2 aromatic rings. The van der Waals surface area contributed by atoms with Gasteiger partial charge in [-0.3, -0.25) is 4.79 Å². The molecule has 0 bridgehead atoms. The molecule has 0 unspecified atom stereocenters. The summed E-state index contributed by atoms with van der Waals surface area (Å²) in [6.07, 6.45) is 1.34. The summed E-state index contributed by atoms with van der Waals surface area (Å²) in [4.78, 5) is 21.8. The van der Waals surface area contributed by atoms with Crippen LogP contribution in [-0.4, -0.2) is 30.4 Å². The highest BCUT2D eigenvalue weighted by molar-refractivity contribution is 7.91. The van der Waals surface area contributed by atoms with E-state index in [0.29, 0.717) is 11.1 Å². The molecule has 1 aromatic heterocycles. The Labute approximate surface area is 135 Å². The number of furan rings is 1. The van der Waals surface area contributed by atoms with Gasteiger partial charge in [-0.25, -0.2) is 13.2 Å². The molecule has 0 spiro atoms. The lowest BCUT2D eigenvalue weighted by atomic mass is 10.2. The molecule has 0 saturated heterocycles. The van der Waals surface area contributed by atoms with E-state index >= 15 is 0 Å². The highest BCUT2D eigenvalue weighted by Gasteiger charge is 2.27. The first-order valence-corrected chi connectivity index (χ1v) is 7.86. The van der Waals surface area contributed by atoms with Gasteiger partial charge in [-0.15, -0.1) is 0 Å². The lowest BCUT2D eigenvalue weighted by Crippen LogP contribution is -2.08. The van der Waals surface area contributed by atoms with Crippen molar-refractivity contribution in [3.63, 3.8) is 0 Å². The summed E-state index contributed by atoms with van der Waals surface area (Å²) in [5, 5.41) is 17.9. The predicted molar refractivity (Wildman–Crippen MR) is 78.3 cm³/mol. The Morgan fingerprint density at radius 3 is 2.26 bits per heavy atom. The molecule has 0 aliphatic rings. The van der Waals surface area contributed by atoms with E-state index in [9.17, 15) is 18.0 Å². The first-order valence-electron chi connectivity index (χ1n) is 6.00. The fourth-order valence-corrected chi connectivity index (χ4v) is 3.18. The number of aliphatic hydroxyl groups is 1. The van der Waals surface area contributed by atoms with Gasteiger partial charge in [0.15, 0.2) is 5.76 Å². The number of hydrogen-bond acceptors (Lipinski definition) is 6. The van der Waals surface area contributed by atoms with Gasteiger partial charge in [0, 0.05) is 11.1 Å². The lowest BCUT2D eigenvalue weighted by molar-refractivity contribution is -0.135. The monoisotopic (exact) mass is 356 g/mol. The maximum atomic E-state index is 12.5. The molecule has 0 aliphatic heterocycles. The maximum absolute atomic E-state index is 12.5. The molecule has 0 aliphatic carbocycles. The largest absolute Gasteiger partial charge is 0.502 e. The van der Waals surface area contributed by atoms with Gasteiger partial charge in [-0.05, 0) is 30.3 Å². The molecule has 7 nitrogen and oxygen atoms in total. The van der Waals surface area contributed by atoms with Crippen LogP contribution in [0.25, 0.3) is 0 Å². The number of allylic oxidation sites excluding steroid dienone is 1. The van der Waals surface area contributed by atoms with E-state index < -0.39 is 38.0 Å². The highest BCUT2D eigenvalue weighted by atomic mass is 35.5. The number of carbonyl (C=O) groups excluding carboxylic acids is 1. The number of carbonyl (C=O) groups is 2. The number of carboxylic acids is 1. The summed E-state index contributed by atoms with van der Waals surface area (Å²) in [5.41, 5.74) is 0. The molecule has 0 saturated carbocycles. The summed E-state index contributed by atoms with van der Waals surface area (Å²) in [6, 6.07) is 6.30. The number of benzene rings is 1. The Morgan fingerprint density at radius 1 is 1.09 bits per heavy atom. The van der Waals surface area contributed by atoms with Gasteiger partial charge in [0.05, 0.1) is 11.2 Å². The summed E-state index contributed by atoms with van der Waals surface area (Å²) >= 11 is 5.70. The summed E-state index contributed by atoms with van der Waals surface area (Å²) in [7, 11) is -4.08. The van der Waals surface area contributed by atoms with Crippen molar-refractivity contribution in [2.75, 3.05) is 0 Å². The van der Waals surface area contributed by atoms with Crippen LogP contribution in [0.1, 0.15) is 10.6 Å². The second-order valence-corrected chi connectivity index (χ2v) is 6.62. The number of aliphatic carboxylic acids is 1. The van der Waals surface area contributed by atoms with Gasteiger partial charge >= 0.3 is 5.97 Å². The van der Waals surface area contributed by atoms with Crippen LogP contribution in [0.4, 0.5) is 0 Å². The summed E-state index contributed by atoms with van der Waals surface area (Å²) in [5.74, 6) is -4.66. The Bertz CT molecular complexity index is 891. The quantitative estimate of drug-likeness (QED) is 0.479. The number of ketones is 1. The third-order valence-electron chi connectivity index (χ3n) is 2.75. The Morgan fingerprint density at radius 2 is 1.70 bits per heavy atom.